The molecule has 0 aromatic heterocycles. The normalized spacial score (nSPS) is 20.2. The minimum absolute atomic E-state index is 0.758. The SMILES string of the molecule is Clc1cc(CCN2CCNCC2)cc(OCC2CCC2)c1. The third-order valence-corrected chi connectivity index (χ3v) is 4.79. The molecule has 0 unspecified atom stereocenters. The number of benzene rings is 1. The third-order valence-electron chi connectivity index (χ3n) is 4.57. The van der Waals surface area contributed by atoms with Crippen LogP contribution in [-0.2, 0) is 6.42 Å². The summed E-state index contributed by atoms with van der Waals surface area (Å²) in [5, 5.41) is 4.18. The van der Waals surface area contributed by atoms with Crippen LogP contribution in [0.25, 0.3) is 0 Å². The summed E-state index contributed by atoms with van der Waals surface area (Å²) < 4.78 is 5.92. The molecule has 1 aliphatic carbocycles. The monoisotopic (exact) mass is 308 g/mol. The molecule has 1 N–H and O–H groups in total. The lowest BCUT2D eigenvalue weighted by molar-refractivity contribution is 0.180. The van der Waals surface area contributed by atoms with Crippen molar-refractivity contribution in [3.8, 4) is 5.75 Å². The number of hydrogen-bond acceptors (Lipinski definition) is 3. The largest absolute Gasteiger partial charge is 0.493 e. The number of halogens is 1. The Balaban J connectivity index is 1.52. The Morgan fingerprint density at radius 2 is 2.00 bits per heavy atom. The molecule has 1 aromatic rings. The van der Waals surface area contributed by atoms with Gasteiger partial charge in [0.05, 0.1) is 6.61 Å². The van der Waals surface area contributed by atoms with Crippen molar-refractivity contribution in [3.05, 3.63) is 28.8 Å². The topological polar surface area (TPSA) is 24.5 Å². The molecule has 2 fully saturated rings. The molecule has 1 aliphatic heterocycles. The quantitative estimate of drug-likeness (QED) is 0.874. The lowest BCUT2D eigenvalue weighted by atomic mass is 9.86. The average molecular weight is 309 g/mol. The van der Waals surface area contributed by atoms with Crippen LogP contribution in [0.5, 0.6) is 5.75 Å². The van der Waals surface area contributed by atoms with Crippen LogP contribution in [0.4, 0.5) is 0 Å². The molecular formula is C17H25ClN2O. The third kappa shape index (κ3) is 4.60. The Bertz CT molecular complexity index is 456. The van der Waals surface area contributed by atoms with Crippen LogP contribution in [0, 0.1) is 5.92 Å². The first-order valence-electron chi connectivity index (χ1n) is 8.15. The molecule has 0 spiro atoms. The van der Waals surface area contributed by atoms with Gasteiger partial charge in [-0.1, -0.05) is 18.0 Å². The fourth-order valence-electron chi connectivity index (χ4n) is 2.94. The predicted molar refractivity (Wildman–Crippen MR) is 87.3 cm³/mol. The van der Waals surface area contributed by atoms with Crippen LogP contribution in [0.3, 0.4) is 0 Å². The zero-order valence-corrected chi connectivity index (χ0v) is 13.4. The molecule has 116 valence electrons. The van der Waals surface area contributed by atoms with E-state index in [0.717, 1.165) is 62.4 Å². The number of piperazine rings is 1. The van der Waals surface area contributed by atoms with Crippen molar-refractivity contribution >= 4 is 11.6 Å². The molecule has 1 heterocycles. The lowest BCUT2D eigenvalue weighted by Crippen LogP contribution is -2.44. The van der Waals surface area contributed by atoms with E-state index in [-0.39, 0.29) is 0 Å². The highest BCUT2D eigenvalue weighted by molar-refractivity contribution is 6.30. The van der Waals surface area contributed by atoms with Gasteiger partial charge in [0, 0.05) is 37.7 Å². The summed E-state index contributed by atoms with van der Waals surface area (Å²) in [6.45, 7) is 6.44. The molecule has 21 heavy (non-hydrogen) atoms. The van der Waals surface area contributed by atoms with Crippen LogP contribution in [0.1, 0.15) is 24.8 Å². The molecule has 2 aliphatic rings. The molecule has 1 saturated carbocycles. The van der Waals surface area contributed by atoms with Gasteiger partial charge in [-0.15, -0.1) is 0 Å². The van der Waals surface area contributed by atoms with Crippen molar-refractivity contribution in [2.75, 3.05) is 39.3 Å². The Morgan fingerprint density at radius 3 is 2.71 bits per heavy atom. The van der Waals surface area contributed by atoms with E-state index < -0.39 is 0 Å². The molecule has 1 saturated heterocycles. The minimum atomic E-state index is 0.758. The van der Waals surface area contributed by atoms with Gasteiger partial charge in [-0.2, -0.15) is 0 Å². The van der Waals surface area contributed by atoms with Gasteiger partial charge in [0.1, 0.15) is 5.75 Å². The van der Waals surface area contributed by atoms with Crippen LogP contribution in [0.15, 0.2) is 18.2 Å². The summed E-state index contributed by atoms with van der Waals surface area (Å²) in [5.41, 5.74) is 1.28. The molecule has 4 heteroatoms. The maximum absolute atomic E-state index is 6.23. The van der Waals surface area contributed by atoms with E-state index in [9.17, 15) is 0 Å². The summed E-state index contributed by atoms with van der Waals surface area (Å²) >= 11 is 6.23. The summed E-state index contributed by atoms with van der Waals surface area (Å²) in [6, 6.07) is 6.17. The Kier molecular flexibility index (Phi) is 5.39. The zero-order valence-electron chi connectivity index (χ0n) is 12.6. The summed E-state index contributed by atoms with van der Waals surface area (Å²) in [4.78, 5) is 2.51. The van der Waals surface area contributed by atoms with Crippen LogP contribution >= 0.6 is 11.6 Å². The molecular weight excluding hydrogens is 284 g/mol. The molecule has 0 bridgehead atoms. The van der Waals surface area contributed by atoms with Gasteiger partial charge in [0.2, 0.25) is 0 Å². The van der Waals surface area contributed by atoms with E-state index in [1.54, 1.807) is 0 Å². The van der Waals surface area contributed by atoms with E-state index >= 15 is 0 Å². The van der Waals surface area contributed by atoms with Gasteiger partial charge >= 0.3 is 0 Å². The van der Waals surface area contributed by atoms with Gasteiger partial charge in [-0.25, -0.2) is 0 Å². The number of rotatable bonds is 6. The Morgan fingerprint density at radius 1 is 1.19 bits per heavy atom. The van der Waals surface area contributed by atoms with E-state index in [0.29, 0.717) is 0 Å². The van der Waals surface area contributed by atoms with E-state index in [1.807, 2.05) is 6.07 Å². The van der Waals surface area contributed by atoms with Crippen molar-refractivity contribution in [1.29, 1.82) is 0 Å². The predicted octanol–water partition coefficient (Wildman–Crippen LogP) is 2.97. The van der Waals surface area contributed by atoms with Crippen LogP contribution < -0.4 is 10.1 Å². The first-order valence-corrected chi connectivity index (χ1v) is 8.53. The highest BCUT2D eigenvalue weighted by atomic mass is 35.5. The fraction of sp³-hybridized carbons (Fsp3) is 0.647. The highest BCUT2D eigenvalue weighted by Gasteiger charge is 2.18. The summed E-state index contributed by atoms with van der Waals surface area (Å²) in [6.07, 6.45) is 5.03. The second-order valence-electron chi connectivity index (χ2n) is 6.24. The molecule has 0 atom stereocenters. The first kappa shape index (κ1) is 15.1. The van der Waals surface area contributed by atoms with Gasteiger partial charge < -0.3 is 15.0 Å². The standard InChI is InChI=1S/C17H25ClN2O/c18-16-10-15(4-7-20-8-5-19-6-9-20)11-17(12-16)21-13-14-2-1-3-14/h10-12,14,19H,1-9,13H2. The van der Waals surface area contributed by atoms with Crippen LogP contribution in [-0.4, -0.2) is 44.2 Å². The summed E-state index contributed by atoms with van der Waals surface area (Å²) in [5.74, 6) is 1.69. The molecule has 0 amide bonds. The van der Waals surface area contributed by atoms with Gasteiger partial charge in [-0.05, 0) is 48.9 Å². The Hall–Kier alpha value is -0.770. The van der Waals surface area contributed by atoms with Gasteiger partial charge in [0.15, 0.2) is 0 Å². The van der Waals surface area contributed by atoms with Crippen molar-refractivity contribution in [2.24, 2.45) is 5.92 Å². The molecule has 0 radical (unpaired) electrons. The molecule has 3 rings (SSSR count). The zero-order chi connectivity index (χ0) is 14.5. The Labute approximate surface area is 132 Å². The van der Waals surface area contributed by atoms with E-state index in [1.165, 1.54) is 24.8 Å². The lowest BCUT2D eigenvalue weighted by Gasteiger charge is -2.27. The second kappa shape index (κ2) is 7.48. The summed E-state index contributed by atoms with van der Waals surface area (Å²) in [7, 11) is 0. The number of hydrogen-bond donors (Lipinski definition) is 1. The first-order chi connectivity index (χ1) is 10.3. The van der Waals surface area contributed by atoms with E-state index in [2.05, 4.69) is 22.3 Å². The fourth-order valence-corrected chi connectivity index (χ4v) is 3.19. The van der Waals surface area contributed by atoms with Crippen molar-refractivity contribution in [2.45, 2.75) is 25.7 Å². The second-order valence-corrected chi connectivity index (χ2v) is 6.68. The maximum atomic E-state index is 6.23. The van der Waals surface area contributed by atoms with Crippen molar-refractivity contribution in [1.82, 2.24) is 10.2 Å². The maximum Gasteiger partial charge on any atom is 0.121 e. The minimum Gasteiger partial charge on any atom is -0.493 e. The van der Waals surface area contributed by atoms with Gasteiger partial charge in [0.25, 0.3) is 0 Å². The molecule has 3 nitrogen and oxygen atoms in total. The van der Waals surface area contributed by atoms with Crippen molar-refractivity contribution in [3.63, 3.8) is 0 Å². The number of nitrogens with one attached hydrogen (secondary N) is 1. The highest BCUT2D eigenvalue weighted by Crippen LogP contribution is 2.28. The van der Waals surface area contributed by atoms with E-state index in [4.69, 9.17) is 16.3 Å². The number of nitrogens with zero attached hydrogens (tertiary/aromatic N) is 1. The smallest absolute Gasteiger partial charge is 0.121 e. The number of ether oxygens (including phenoxy) is 1. The van der Waals surface area contributed by atoms with Crippen molar-refractivity contribution < 1.29 is 4.74 Å². The van der Waals surface area contributed by atoms with Gasteiger partial charge in [-0.3, -0.25) is 0 Å². The average Bonchev–Trinajstić information content (AvgIpc) is 2.44. The molecule has 1 aromatic carbocycles. The van der Waals surface area contributed by atoms with Crippen LogP contribution in [0.2, 0.25) is 5.02 Å².